The monoisotopic (exact) mass is 283 g/mol. The zero-order valence-corrected chi connectivity index (χ0v) is 9.45. The van der Waals surface area contributed by atoms with Gasteiger partial charge < -0.3 is 10.5 Å². The van der Waals surface area contributed by atoms with Crippen LogP contribution in [0.2, 0.25) is 0 Å². The summed E-state index contributed by atoms with van der Waals surface area (Å²) in [6, 6.07) is 2.98. The third-order valence-electron chi connectivity index (χ3n) is 1.71. The molecule has 0 saturated heterocycles. The Bertz CT molecular complexity index is 365. The van der Waals surface area contributed by atoms with Crippen LogP contribution in [-0.4, -0.2) is 12.8 Å². The van der Waals surface area contributed by atoms with E-state index in [1.54, 1.807) is 6.92 Å². The molecule has 2 N–H and O–H groups in total. The van der Waals surface area contributed by atoms with Crippen LogP contribution in [0, 0.1) is 6.92 Å². The Morgan fingerprint density at radius 3 is 2.53 bits per heavy atom. The molecule has 0 spiro atoms. The van der Waals surface area contributed by atoms with Crippen LogP contribution in [0.4, 0.5) is 18.9 Å². The van der Waals surface area contributed by atoms with E-state index in [0.717, 1.165) is 0 Å². The number of anilines is 1. The van der Waals surface area contributed by atoms with Crippen molar-refractivity contribution in [3.05, 3.63) is 22.2 Å². The summed E-state index contributed by atoms with van der Waals surface area (Å²) in [4.78, 5) is 0. The zero-order chi connectivity index (χ0) is 11.6. The van der Waals surface area contributed by atoms with Crippen molar-refractivity contribution in [1.29, 1.82) is 0 Å². The van der Waals surface area contributed by atoms with E-state index < -0.39 is 12.8 Å². The van der Waals surface area contributed by atoms with Crippen molar-refractivity contribution in [3.63, 3.8) is 0 Å². The third kappa shape index (κ3) is 3.62. The molecule has 2 nitrogen and oxygen atoms in total. The summed E-state index contributed by atoms with van der Waals surface area (Å²) in [5.41, 5.74) is 6.74. The maximum Gasteiger partial charge on any atom is 0.422 e. The number of hydrogen-bond donors (Lipinski definition) is 1. The minimum atomic E-state index is -4.34. The highest BCUT2D eigenvalue weighted by Gasteiger charge is 2.28. The van der Waals surface area contributed by atoms with E-state index in [-0.39, 0.29) is 5.75 Å². The van der Waals surface area contributed by atoms with Gasteiger partial charge in [-0.05, 0) is 40.5 Å². The number of aryl methyl sites for hydroxylation is 1. The molecule has 84 valence electrons. The van der Waals surface area contributed by atoms with E-state index in [1.807, 2.05) is 0 Å². The number of benzene rings is 1. The number of nitrogen functional groups attached to an aromatic ring is 1. The number of hydrogen-bond acceptors (Lipinski definition) is 2. The SMILES string of the molecule is Cc1cc(OCC(F)(F)F)c(Br)cc1N. The Labute approximate surface area is 93.3 Å². The van der Waals surface area contributed by atoms with Crippen molar-refractivity contribution in [2.24, 2.45) is 0 Å². The Hall–Kier alpha value is -0.910. The molecule has 0 aliphatic rings. The Morgan fingerprint density at radius 1 is 1.40 bits per heavy atom. The van der Waals surface area contributed by atoms with Gasteiger partial charge in [0.2, 0.25) is 0 Å². The highest BCUT2D eigenvalue weighted by atomic mass is 79.9. The fourth-order valence-electron chi connectivity index (χ4n) is 0.941. The molecule has 1 aromatic carbocycles. The van der Waals surface area contributed by atoms with Gasteiger partial charge in [0, 0.05) is 5.69 Å². The zero-order valence-electron chi connectivity index (χ0n) is 7.86. The minimum Gasteiger partial charge on any atom is -0.483 e. The first-order chi connectivity index (χ1) is 6.79. The summed E-state index contributed by atoms with van der Waals surface area (Å²) in [7, 11) is 0. The Balaban J connectivity index is 2.82. The molecule has 0 unspecified atom stereocenters. The summed E-state index contributed by atoms with van der Waals surface area (Å²) in [5, 5.41) is 0. The normalized spacial score (nSPS) is 11.5. The van der Waals surface area contributed by atoms with Gasteiger partial charge in [0.15, 0.2) is 6.61 Å². The molecule has 0 fully saturated rings. The average molecular weight is 284 g/mol. The minimum absolute atomic E-state index is 0.138. The first-order valence-electron chi connectivity index (χ1n) is 4.05. The predicted molar refractivity (Wildman–Crippen MR) is 54.8 cm³/mol. The lowest BCUT2D eigenvalue weighted by atomic mass is 10.2. The molecular weight excluding hydrogens is 275 g/mol. The largest absolute Gasteiger partial charge is 0.483 e. The second-order valence-corrected chi connectivity index (χ2v) is 3.90. The molecule has 6 heteroatoms. The number of rotatable bonds is 2. The molecule has 0 atom stereocenters. The van der Waals surface area contributed by atoms with E-state index in [9.17, 15) is 13.2 Å². The van der Waals surface area contributed by atoms with E-state index in [2.05, 4.69) is 20.7 Å². The van der Waals surface area contributed by atoms with E-state index >= 15 is 0 Å². The third-order valence-corrected chi connectivity index (χ3v) is 2.33. The van der Waals surface area contributed by atoms with Crippen LogP contribution in [0.25, 0.3) is 0 Å². The molecule has 0 radical (unpaired) electrons. The van der Waals surface area contributed by atoms with Crippen LogP contribution >= 0.6 is 15.9 Å². The van der Waals surface area contributed by atoms with Crippen molar-refractivity contribution < 1.29 is 17.9 Å². The summed E-state index contributed by atoms with van der Waals surface area (Å²) >= 11 is 3.08. The van der Waals surface area contributed by atoms with Crippen LogP contribution in [0.1, 0.15) is 5.56 Å². The van der Waals surface area contributed by atoms with Crippen molar-refractivity contribution in [3.8, 4) is 5.75 Å². The highest BCUT2D eigenvalue weighted by Crippen LogP contribution is 2.30. The molecule has 0 bridgehead atoms. The van der Waals surface area contributed by atoms with Gasteiger partial charge in [-0.15, -0.1) is 0 Å². The van der Waals surface area contributed by atoms with E-state index in [0.29, 0.717) is 15.7 Å². The first-order valence-corrected chi connectivity index (χ1v) is 4.84. The molecule has 0 saturated carbocycles. The van der Waals surface area contributed by atoms with Crippen LogP contribution in [0.15, 0.2) is 16.6 Å². The quantitative estimate of drug-likeness (QED) is 0.846. The van der Waals surface area contributed by atoms with Crippen molar-refractivity contribution in [2.75, 3.05) is 12.3 Å². The molecule has 0 heterocycles. The Kier molecular flexibility index (Phi) is 3.49. The summed E-state index contributed by atoms with van der Waals surface area (Å²) in [6.45, 7) is 0.386. The Morgan fingerprint density at radius 2 is 2.00 bits per heavy atom. The number of alkyl halides is 3. The fraction of sp³-hybridized carbons (Fsp3) is 0.333. The fourth-order valence-corrected chi connectivity index (χ4v) is 1.42. The van der Waals surface area contributed by atoms with Gasteiger partial charge in [-0.3, -0.25) is 0 Å². The van der Waals surface area contributed by atoms with E-state index in [1.165, 1.54) is 12.1 Å². The van der Waals surface area contributed by atoms with Crippen molar-refractivity contribution in [1.82, 2.24) is 0 Å². The van der Waals surface area contributed by atoms with Gasteiger partial charge >= 0.3 is 6.18 Å². The van der Waals surface area contributed by atoms with Crippen LogP contribution in [0.3, 0.4) is 0 Å². The van der Waals surface area contributed by atoms with Gasteiger partial charge in [0.25, 0.3) is 0 Å². The number of halogens is 4. The number of nitrogens with two attached hydrogens (primary N) is 1. The topological polar surface area (TPSA) is 35.2 Å². The van der Waals surface area contributed by atoms with Gasteiger partial charge in [-0.25, -0.2) is 0 Å². The van der Waals surface area contributed by atoms with Gasteiger partial charge in [0.1, 0.15) is 5.75 Å². The van der Waals surface area contributed by atoms with Crippen LogP contribution in [0.5, 0.6) is 5.75 Å². The molecule has 1 rings (SSSR count). The lowest BCUT2D eigenvalue weighted by Crippen LogP contribution is -2.19. The van der Waals surface area contributed by atoms with Crippen LogP contribution < -0.4 is 10.5 Å². The molecule has 0 aromatic heterocycles. The van der Waals surface area contributed by atoms with Gasteiger partial charge in [-0.2, -0.15) is 13.2 Å². The molecule has 0 amide bonds. The highest BCUT2D eigenvalue weighted by molar-refractivity contribution is 9.10. The standard InChI is InChI=1S/C9H9BrF3NO/c1-5-2-8(6(10)3-7(5)14)15-4-9(11,12)13/h2-3H,4,14H2,1H3. The summed E-state index contributed by atoms with van der Waals surface area (Å²) in [6.07, 6.45) is -4.34. The lowest BCUT2D eigenvalue weighted by molar-refractivity contribution is -0.153. The first kappa shape index (κ1) is 12.2. The van der Waals surface area contributed by atoms with Gasteiger partial charge in [-0.1, -0.05) is 0 Å². The maximum atomic E-state index is 11.9. The maximum absolute atomic E-state index is 11.9. The van der Waals surface area contributed by atoms with Crippen molar-refractivity contribution in [2.45, 2.75) is 13.1 Å². The summed E-state index contributed by atoms with van der Waals surface area (Å²) < 4.78 is 40.7. The average Bonchev–Trinajstić information content (AvgIpc) is 2.07. The second kappa shape index (κ2) is 4.30. The van der Waals surface area contributed by atoms with Crippen LogP contribution in [-0.2, 0) is 0 Å². The van der Waals surface area contributed by atoms with E-state index in [4.69, 9.17) is 5.73 Å². The summed E-state index contributed by atoms with van der Waals surface area (Å²) in [5.74, 6) is 0.138. The molecule has 0 aliphatic carbocycles. The smallest absolute Gasteiger partial charge is 0.422 e. The molecular formula is C9H9BrF3NO. The second-order valence-electron chi connectivity index (χ2n) is 3.04. The predicted octanol–water partition coefficient (Wildman–Crippen LogP) is 3.28. The van der Waals surface area contributed by atoms with Crippen molar-refractivity contribution >= 4 is 21.6 Å². The van der Waals surface area contributed by atoms with Gasteiger partial charge in [0.05, 0.1) is 4.47 Å². The molecule has 15 heavy (non-hydrogen) atoms. The lowest BCUT2D eigenvalue weighted by Gasteiger charge is -2.12. The molecule has 1 aromatic rings. The molecule has 0 aliphatic heterocycles. The number of ether oxygens (including phenoxy) is 1.